The maximum absolute atomic E-state index is 2.35. The fourth-order valence-electron chi connectivity index (χ4n) is 2.18. The van der Waals surface area contributed by atoms with E-state index in [1.54, 1.807) is 11.1 Å². The van der Waals surface area contributed by atoms with E-state index in [9.17, 15) is 0 Å². The minimum atomic E-state index is 0.386. The Morgan fingerprint density at radius 3 is 2.29 bits per heavy atom. The molecule has 1 atom stereocenters. The average Bonchev–Trinajstić information content (AvgIpc) is 2.42. The molecule has 0 amide bonds. The number of hydrogen-bond acceptors (Lipinski definition) is 0. The summed E-state index contributed by atoms with van der Waals surface area (Å²) in [6, 6.07) is 8.84. The molecule has 0 nitrogen and oxygen atoms in total. The third-order valence-electron chi connectivity index (χ3n) is 3.47. The van der Waals surface area contributed by atoms with Gasteiger partial charge in [-0.1, -0.05) is 58.9 Å². The van der Waals surface area contributed by atoms with Gasteiger partial charge in [0.2, 0.25) is 0 Å². The first-order valence-corrected chi connectivity index (χ1v) is 5.71. The Hall–Kier alpha value is -0.780. The van der Waals surface area contributed by atoms with Crippen molar-refractivity contribution < 1.29 is 0 Å². The van der Waals surface area contributed by atoms with Crippen LogP contribution in [0.5, 0.6) is 0 Å². The van der Waals surface area contributed by atoms with E-state index in [1.165, 1.54) is 6.42 Å². The second kappa shape index (κ2) is 4.16. The standard InChI is InChI=1S/C12H16.C2H6/c1-9-8-10-6-4-5-7-11(10)12(9,2)3;1-2/h4-7,9H,8H2,1-3H3;1-2H3. The van der Waals surface area contributed by atoms with Gasteiger partial charge in [0.05, 0.1) is 0 Å². The highest BCUT2D eigenvalue weighted by Gasteiger charge is 2.35. The molecule has 1 aromatic carbocycles. The summed E-state index contributed by atoms with van der Waals surface area (Å²) in [6.45, 7) is 11.0. The molecule has 1 aromatic rings. The van der Waals surface area contributed by atoms with E-state index in [0.29, 0.717) is 5.41 Å². The molecule has 0 saturated carbocycles. The number of fused-ring (bicyclic) bond motifs is 1. The van der Waals surface area contributed by atoms with Crippen molar-refractivity contribution in [2.45, 2.75) is 46.5 Å². The molecule has 1 unspecified atom stereocenters. The zero-order valence-corrected chi connectivity index (χ0v) is 10.1. The number of hydrogen-bond donors (Lipinski definition) is 0. The fraction of sp³-hybridized carbons (Fsp3) is 0.571. The third-order valence-corrected chi connectivity index (χ3v) is 3.47. The summed E-state index contributed by atoms with van der Waals surface area (Å²) in [5, 5.41) is 0. The van der Waals surface area contributed by atoms with E-state index in [2.05, 4.69) is 45.0 Å². The molecular formula is C14H22. The number of benzene rings is 1. The summed E-state index contributed by atoms with van der Waals surface area (Å²) < 4.78 is 0. The van der Waals surface area contributed by atoms with Crippen LogP contribution in [0.2, 0.25) is 0 Å². The molecule has 1 aliphatic carbocycles. The lowest BCUT2D eigenvalue weighted by Crippen LogP contribution is -2.21. The van der Waals surface area contributed by atoms with Gasteiger partial charge in [-0.05, 0) is 28.9 Å². The van der Waals surface area contributed by atoms with E-state index >= 15 is 0 Å². The summed E-state index contributed by atoms with van der Waals surface area (Å²) in [5.41, 5.74) is 3.49. The summed E-state index contributed by atoms with van der Waals surface area (Å²) >= 11 is 0. The first-order valence-electron chi connectivity index (χ1n) is 5.71. The SMILES string of the molecule is CC.CC1Cc2ccccc2C1(C)C. The van der Waals surface area contributed by atoms with Crippen LogP contribution in [0.3, 0.4) is 0 Å². The highest BCUT2D eigenvalue weighted by Crippen LogP contribution is 2.42. The minimum Gasteiger partial charge on any atom is -0.0683 e. The zero-order valence-electron chi connectivity index (χ0n) is 10.1. The van der Waals surface area contributed by atoms with Gasteiger partial charge >= 0.3 is 0 Å². The summed E-state index contributed by atoms with van der Waals surface area (Å²) in [7, 11) is 0. The summed E-state index contributed by atoms with van der Waals surface area (Å²) in [6.07, 6.45) is 1.25. The van der Waals surface area contributed by atoms with E-state index in [1.807, 2.05) is 13.8 Å². The van der Waals surface area contributed by atoms with Gasteiger partial charge in [0.1, 0.15) is 0 Å². The van der Waals surface area contributed by atoms with Gasteiger partial charge in [-0.3, -0.25) is 0 Å². The van der Waals surface area contributed by atoms with Crippen molar-refractivity contribution in [3.05, 3.63) is 35.4 Å². The smallest absolute Gasteiger partial charge is 0.00721 e. The molecule has 0 aliphatic heterocycles. The molecule has 0 aromatic heterocycles. The van der Waals surface area contributed by atoms with Gasteiger partial charge in [-0.2, -0.15) is 0 Å². The van der Waals surface area contributed by atoms with Gasteiger partial charge in [-0.15, -0.1) is 0 Å². The van der Waals surface area contributed by atoms with Crippen molar-refractivity contribution >= 4 is 0 Å². The second-order valence-corrected chi connectivity index (χ2v) is 4.48. The fourth-order valence-corrected chi connectivity index (χ4v) is 2.18. The van der Waals surface area contributed by atoms with Gasteiger partial charge in [0.15, 0.2) is 0 Å². The average molecular weight is 190 g/mol. The van der Waals surface area contributed by atoms with E-state index in [0.717, 1.165) is 5.92 Å². The van der Waals surface area contributed by atoms with Crippen molar-refractivity contribution in [2.24, 2.45) is 5.92 Å². The van der Waals surface area contributed by atoms with Gasteiger partial charge < -0.3 is 0 Å². The normalized spacial score (nSPS) is 22.2. The molecule has 78 valence electrons. The van der Waals surface area contributed by atoms with Crippen LogP contribution in [0.15, 0.2) is 24.3 Å². The predicted molar refractivity (Wildman–Crippen MR) is 63.7 cm³/mol. The Bertz CT molecular complexity index is 297. The largest absolute Gasteiger partial charge is 0.0683 e. The van der Waals surface area contributed by atoms with Crippen molar-refractivity contribution in [3.8, 4) is 0 Å². The highest BCUT2D eigenvalue weighted by molar-refractivity contribution is 5.39. The van der Waals surface area contributed by atoms with Crippen LogP contribution in [-0.2, 0) is 11.8 Å². The molecule has 0 heterocycles. The first kappa shape index (κ1) is 11.3. The van der Waals surface area contributed by atoms with Crippen LogP contribution >= 0.6 is 0 Å². The molecular weight excluding hydrogens is 168 g/mol. The minimum absolute atomic E-state index is 0.386. The molecule has 1 aliphatic rings. The Morgan fingerprint density at radius 2 is 1.71 bits per heavy atom. The molecule has 0 N–H and O–H groups in total. The topological polar surface area (TPSA) is 0 Å². The van der Waals surface area contributed by atoms with E-state index in [4.69, 9.17) is 0 Å². The lowest BCUT2D eigenvalue weighted by atomic mass is 9.80. The van der Waals surface area contributed by atoms with Crippen molar-refractivity contribution in [1.82, 2.24) is 0 Å². The highest BCUT2D eigenvalue weighted by atomic mass is 14.4. The zero-order chi connectivity index (χ0) is 10.8. The quantitative estimate of drug-likeness (QED) is 0.575. The van der Waals surface area contributed by atoms with Gasteiger partial charge in [0.25, 0.3) is 0 Å². The van der Waals surface area contributed by atoms with Crippen LogP contribution in [-0.4, -0.2) is 0 Å². The molecule has 0 heteroatoms. The van der Waals surface area contributed by atoms with Crippen LogP contribution in [0, 0.1) is 5.92 Å². The Kier molecular flexibility index (Phi) is 3.36. The van der Waals surface area contributed by atoms with Crippen LogP contribution in [0.1, 0.15) is 45.7 Å². The van der Waals surface area contributed by atoms with E-state index in [-0.39, 0.29) is 0 Å². The van der Waals surface area contributed by atoms with Gasteiger partial charge in [-0.25, -0.2) is 0 Å². The molecule has 2 rings (SSSR count). The lowest BCUT2D eigenvalue weighted by molar-refractivity contribution is 0.379. The molecule has 0 saturated heterocycles. The van der Waals surface area contributed by atoms with Crippen LogP contribution in [0.4, 0.5) is 0 Å². The lowest BCUT2D eigenvalue weighted by Gasteiger charge is -2.24. The maximum atomic E-state index is 2.35. The predicted octanol–water partition coefficient (Wildman–Crippen LogP) is 4.18. The Labute approximate surface area is 88.4 Å². The van der Waals surface area contributed by atoms with Gasteiger partial charge in [0, 0.05) is 0 Å². The summed E-state index contributed by atoms with van der Waals surface area (Å²) in [5.74, 6) is 0.787. The molecule has 0 radical (unpaired) electrons. The Balaban J connectivity index is 0.000000461. The van der Waals surface area contributed by atoms with E-state index < -0.39 is 0 Å². The monoisotopic (exact) mass is 190 g/mol. The Morgan fingerprint density at radius 1 is 1.14 bits per heavy atom. The molecule has 0 fully saturated rings. The second-order valence-electron chi connectivity index (χ2n) is 4.48. The summed E-state index contributed by atoms with van der Waals surface area (Å²) in [4.78, 5) is 0. The molecule has 14 heavy (non-hydrogen) atoms. The van der Waals surface area contributed by atoms with Crippen molar-refractivity contribution in [3.63, 3.8) is 0 Å². The van der Waals surface area contributed by atoms with Crippen molar-refractivity contribution in [2.75, 3.05) is 0 Å². The third kappa shape index (κ3) is 1.70. The molecule has 0 bridgehead atoms. The van der Waals surface area contributed by atoms with Crippen LogP contribution < -0.4 is 0 Å². The van der Waals surface area contributed by atoms with Crippen molar-refractivity contribution in [1.29, 1.82) is 0 Å². The van der Waals surface area contributed by atoms with Crippen LogP contribution in [0.25, 0.3) is 0 Å². The molecule has 0 spiro atoms. The first-order chi connectivity index (χ1) is 6.62. The maximum Gasteiger partial charge on any atom is -0.00721 e. The number of rotatable bonds is 0.